The Labute approximate surface area is 83.1 Å². The number of benzene rings is 1. The first-order valence-electron chi connectivity index (χ1n) is 3.40. The van der Waals surface area contributed by atoms with Gasteiger partial charge in [0, 0.05) is 4.90 Å². The lowest BCUT2D eigenvalue weighted by Crippen LogP contribution is -1.99. The van der Waals surface area contributed by atoms with E-state index in [1.807, 2.05) is 0 Å². The summed E-state index contributed by atoms with van der Waals surface area (Å²) in [4.78, 5) is 0.0502. The Balaban J connectivity index is 2.94. The topological polar surface area (TPSA) is 0 Å². The van der Waals surface area contributed by atoms with Crippen LogP contribution in [0.2, 0.25) is 5.02 Å². The largest absolute Gasteiger partial charge is 0.446 e. The van der Waals surface area contributed by atoms with E-state index in [-0.39, 0.29) is 21.7 Å². The molecule has 5 heteroatoms. The van der Waals surface area contributed by atoms with Gasteiger partial charge in [0.1, 0.15) is 0 Å². The van der Waals surface area contributed by atoms with Crippen LogP contribution in [0.5, 0.6) is 0 Å². The van der Waals surface area contributed by atoms with E-state index in [1.54, 1.807) is 13.0 Å². The van der Waals surface area contributed by atoms with E-state index in [1.165, 1.54) is 12.1 Å². The van der Waals surface area contributed by atoms with Crippen LogP contribution < -0.4 is 0 Å². The fraction of sp³-hybridized carbons (Fsp3) is 0.250. The van der Waals surface area contributed by atoms with E-state index in [2.05, 4.69) is 0 Å². The molecular formula is C8H6ClF3S. The summed E-state index contributed by atoms with van der Waals surface area (Å²) >= 11 is 5.39. The van der Waals surface area contributed by atoms with Crippen LogP contribution >= 0.6 is 23.4 Å². The summed E-state index contributed by atoms with van der Waals surface area (Å²) < 4.78 is 35.9. The van der Waals surface area contributed by atoms with E-state index in [0.717, 1.165) is 5.56 Å². The van der Waals surface area contributed by atoms with Crippen molar-refractivity contribution in [2.75, 3.05) is 0 Å². The van der Waals surface area contributed by atoms with Crippen LogP contribution in [0.1, 0.15) is 5.56 Å². The number of rotatable bonds is 1. The molecule has 0 heterocycles. The minimum atomic E-state index is -4.28. The molecule has 0 unspecified atom stereocenters. The van der Waals surface area contributed by atoms with Crippen LogP contribution in [-0.4, -0.2) is 5.51 Å². The number of alkyl halides is 3. The SMILES string of the molecule is Cc1ccc(Cl)c(SC(F)(F)F)c1. The van der Waals surface area contributed by atoms with Crippen molar-refractivity contribution in [3.8, 4) is 0 Å². The van der Waals surface area contributed by atoms with E-state index in [9.17, 15) is 13.2 Å². The lowest BCUT2D eigenvalue weighted by molar-refractivity contribution is -0.0328. The molecular weight excluding hydrogens is 221 g/mol. The maximum Gasteiger partial charge on any atom is 0.446 e. The summed E-state index contributed by atoms with van der Waals surface area (Å²) in [7, 11) is 0. The van der Waals surface area contributed by atoms with Crippen molar-refractivity contribution in [2.24, 2.45) is 0 Å². The van der Waals surface area contributed by atoms with Crippen molar-refractivity contribution in [1.82, 2.24) is 0 Å². The van der Waals surface area contributed by atoms with Crippen molar-refractivity contribution in [3.63, 3.8) is 0 Å². The molecule has 0 aliphatic carbocycles. The Bertz CT molecular complexity index is 309. The zero-order valence-electron chi connectivity index (χ0n) is 6.65. The molecule has 0 saturated heterocycles. The Kier molecular flexibility index (Phi) is 3.14. The Morgan fingerprint density at radius 1 is 1.31 bits per heavy atom. The molecule has 0 aliphatic heterocycles. The fourth-order valence-corrected chi connectivity index (χ4v) is 1.71. The number of thioether (sulfide) groups is 1. The molecule has 0 saturated carbocycles. The van der Waals surface area contributed by atoms with Gasteiger partial charge in [-0.2, -0.15) is 13.2 Å². The normalized spacial score (nSPS) is 11.8. The number of hydrogen-bond acceptors (Lipinski definition) is 1. The summed E-state index contributed by atoms with van der Waals surface area (Å²) in [5, 5.41) is 0.132. The van der Waals surface area contributed by atoms with Gasteiger partial charge in [-0.05, 0) is 36.4 Å². The van der Waals surface area contributed by atoms with E-state index in [4.69, 9.17) is 11.6 Å². The zero-order valence-corrected chi connectivity index (χ0v) is 8.22. The summed E-state index contributed by atoms with van der Waals surface area (Å²) in [6.07, 6.45) is 0. The lowest BCUT2D eigenvalue weighted by atomic mass is 10.2. The van der Waals surface area contributed by atoms with Crippen LogP contribution in [0.4, 0.5) is 13.2 Å². The molecule has 0 aliphatic rings. The summed E-state index contributed by atoms with van der Waals surface area (Å²) in [5.41, 5.74) is -3.52. The van der Waals surface area contributed by atoms with Gasteiger partial charge in [-0.15, -0.1) is 0 Å². The van der Waals surface area contributed by atoms with Gasteiger partial charge in [-0.3, -0.25) is 0 Å². The second-order valence-electron chi connectivity index (χ2n) is 2.48. The quantitative estimate of drug-likeness (QED) is 0.645. The molecule has 0 spiro atoms. The predicted molar refractivity (Wildman–Crippen MR) is 48.1 cm³/mol. The minimum Gasteiger partial charge on any atom is -0.160 e. The van der Waals surface area contributed by atoms with E-state index >= 15 is 0 Å². The molecule has 0 radical (unpaired) electrons. The molecule has 1 rings (SSSR count). The Hall–Kier alpha value is -0.350. The number of hydrogen-bond donors (Lipinski definition) is 0. The third kappa shape index (κ3) is 3.48. The highest BCUT2D eigenvalue weighted by atomic mass is 35.5. The monoisotopic (exact) mass is 226 g/mol. The van der Waals surface area contributed by atoms with Gasteiger partial charge < -0.3 is 0 Å². The first-order chi connectivity index (χ1) is 5.88. The molecule has 0 aromatic heterocycles. The third-order valence-corrected chi connectivity index (χ3v) is 2.54. The second-order valence-corrected chi connectivity index (χ2v) is 4.00. The second kappa shape index (κ2) is 3.80. The van der Waals surface area contributed by atoms with Crippen molar-refractivity contribution in [3.05, 3.63) is 28.8 Å². The molecule has 72 valence electrons. The van der Waals surface area contributed by atoms with E-state index in [0.29, 0.717) is 0 Å². The van der Waals surface area contributed by atoms with Gasteiger partial charge in [-0.1, -0.05) is 17.7 Å². The first kappa shape index (κ1) is 10.7. The maximum atomic E-state index is 12.0. The van der Waals surface area contributed by atoms with Crippen molar-refractivity contribution < 1.29 is 13.2 Å². The first-order valence-corrected chi connectivity index (χ1v) is 4.60. The molecule has 0 atom stereocenters. The Morgan fingerprint density at radius 2 is 1.92 bits per heavy atom. The van der Waals surface area contributed by atoms with Crippen LogP contribution in [0.25, 0.3) is 0 Å². The van der Waals surface area contributed by atoms with Gasteiger partial charge in [0.2, 0.25) is 0 Å². The summed E-state index contributed by atoms with van der Waals surface area (Å²) in [6.45, 7) is 1.72. The van der Waals surface area contributed by atoms with Gasteiger partial charge in [0.25, 0.3) is 0 Å². The molecule has 0 fully saturated rings. The molecule has 0 bridgehead atoms. The van der Waals surface area contributed by atoms with E-state index < -0.39 is 5.51 Å². The molecule has 1 aromatic rings. The minimum absolute atomic E-state index is 0.0502. The standard InChI is InChI=1S/C8H6ClF3S/c1-5-2-3-6(9)7(4-5)13-8(10,11)12/h2-4H,1H3. The zero-order chi connectivity index (χ0) is 10.1. The lowest BCUT2D eigenvalue weighted by Gasteiger charge is -2.07. The average molecular weight is 227 g/mol. The van der Waals surface area contributed by atoms with Crippen molar-refractivity contribution >= 4 is 23.4 Å². The van der Waals surface area contributed by atoms with Gasteiger partial charge in [0.05, 0.1) is 5.02 Å². The van der Waals surface area contributed by atoms with Gasteiger partial charge in [0.15, 0.2) is 0 Å². The highest BCUT2D eigenvalue weighted by Gasteiger charge is 2.30. The number of aryl methyl sites for hydroxylation is 1. The van der Waals surface area contributed by atoms with Crippen molar-refractivity contribution in [1.29, 1.82) is 0 Å². The summed E-state index contributed by atoms with van der Waals surface area (Å²) in [6, 6.07) is 4.55. The fourth-order valence-electron chi connectivity index (χ4n) is 0.813. The molecule has 0 nitrogen and oxygen atoms in total. The van der Waals surface area contributed by atoms with Gasteiger partial charge >= 0.3 is 5.51 Å². The van der Waals surface area contributed by atoms with Crippen LogP contribution in [0, 0.1) is 6.92 Å². The third-order valence-electron chi connectivity index (χ3n) is 1.31. The average Bonchev–Trinajstić information content (AvgIpc) is 1.94. The highest BCUT2D eigenvalue weighted by molar-refractivity contribution is 8.00. The molecule has 1 aromatic carbocycles. The smallest absolute Gasteiger partial charge is 0.160 e. The van der Waals surface area contributed by atoms with Crippen LogP contribution in [-0.2, 0) is 0 Å². The number of halogens is 4. The van der Waals surface area contributed by atoms with Crippen LogP contribution in [0.3, 0.4) is 0 Å². The van der Waals surface area contributed by atoms with Crippen molar-refractivity contribution in [2.45, 2.75) is 17.3 Å². The summed E-state index contributed by atoms with van der Waals surface area (Å²) in [5.74, 6) is 0. The molecule has 0 N–H and O–H groups in total. The maximum absolute atomic E-state index is 12.0. The predicted octanol–water partition coefficient (Wildman–Crippen LogP) is 4.26. The molecule has 13 heavy (non-hydrogen) atoms. The Morgan fingerprint density at radius 3 is 2.46 bits per heavy atom. The highest BCUT2D eigenvalue weighted by Crippen LogP contribution is 2.40. The van der Waals surface area contributed by atoms with Crippen LogP contribution in [0.15, 0.2) is 23.1 Å². The van der Waals surface area contributed by atoms with Gasteiger partial charge in [-0.25, -0.2) is 0 Å². The molecule has 0 amide bonds.